The van der Waals surface area contributed by atoms with E-state index >= 15 is 0 Å². The van der Waals surface area contributed by atoms with E-state index in [0.717, 1.165) is 12.1 Å². The Morgan fingerprint density at radius 2 is 1.92 bits per heavy atom. The number of amides is 2. The Morgan fingerprint density at radius 3 is 2.48 bits per heavy atom. The number of hydrogen-bond donors (Lipinski definition) is 3. The maximum Gasteiger partial charge on any atom is 0.416 e. The molecule has 0 spiro atoms. The predicted octanol–water partition coefficient (Wildman–Crippen LogP) is 0.603. The molecule has 1 aliphatic carbocycles. The standard InChI is InChI=1S/C15H16F3N3O4/c1-2-25-14(24)10-9(13(23)21-19)11(10)20-12(22)7-4-3-5-8(6-7)15(16,17)18/h3-6,9-11H,2,19H2,1H3,(H,20,22)(H,21,23)/t9-,10-,11-/m0/s1. The lowest BCUT2D eigenvalue weighted by Gasteiger charge is -2.09. The Bertz CT molecular complexity index is 693. The molecule has 1 saturated carbocycles. The molecule has 0 unspecified atom stereocenters. The molecule has 0 aromatic heterocycles. The normalized spacial score (nSPS) is 22.0. The van der Waals surface area contributed by atoms with E-state index in [0.29, 0.717) is 6.07 Å². The van der Waals surface area contributed by atoms with Gasteiger partial charge in [-0.3, -0.25) is 19.8 Å². The van der Waals surface area contributed by atoms with Gasteiger partial charge in [0.15, 0.2) is 0 Å². The first-order chi connectivity index (χ1) is 11.7. The minimum atomic E-state index is -4.59. The highest BCUT2D eigenvalue weighted by Crippen LogP contribution is 2.40. The number of carbonyl (C=O) groups excluding carboxylic acids is 3. The summed E-state index contributed by atoms with van der Waals surface area (Å²) >= 11 is 0. The highest BCUT2D eigenvalue weighted by Gasteiger charge is 2.60. The third-order valence-electron chi connectivity index (χ3n) is 3.77. The number of rotatable bonds is 5. The Kier molecular flexibility index (Phi) is 5.31. The van der Waals surface area contributed by atoms with Gasteiger partial charge in [0.2, 0.25) is 5.91 Å². The quantitative estimate of drug-likeness (QED) is 0.309. The number of ether oxygens (including phenoxy) is 1. The van der Waals surface area contributed by atoms with Crippen LogP contribution in [0.5, 0.6) is 0 Å². The number of hydrazine groups is 1. The van der Waals surface area contributed by atoms with Gasteiger partial charge < -0.3 is 10.1 Å². The highest BCUT2D eigenvalue weighted by molar-refractivity contribution is 5.98. The van der Waals surface area contributed by atoms with Crippen LogP contribution in [0.25, 0.3) is 0 Å². The van der Waals surface area contributed by atoms with E-state index < -0.39 is 47.4 Å². The number of esters is 1. The number of hydrogen-bond acceptors (Lipinski definition) is 5. The molecule has 10 heteroatoms. The van der Waals surface area contributed by atoms with Gasteiger partial charge in [0.05, 0.1) is 30.0 Å². The van der Waals surface area contributed by atoms with Crippen LogP contribution < -0.4 is 16.6 Å². The van der Waals surface area contributed by atoms with E-state index in [1.54, 1.807) is 6.92 Å². The summed E-state index contributed by atoms with van der Waals surface area (Å²) in [5.74, 6) is 0.969. The number of halogens is 3. The zero-order valence-corrected chi connectivity index (χ0v) is 13.1. The summed E-state index contributed by atoms with van der Waals surface area (Å²) in [4.78, 5) is 35.6. The molecule has 3 atom stereocenters. The smallest absolute Gasteiger partial charge is 0.416 e. The van der Waals surface area contributed by atoms with Crippen molar-refractivity contribution in [3.63, 3.8) is 0 Å². The fourth-order valence-electron chi connectivity index (χ4n) is 2.52. The van der Waals surface area contributed by atoms with Crippen LogP contribution in [0.4, 0.5) is 13.2 Å². The molecular formula is C15H16F3N3O4. The highest BCUT2D eigenvalue weighted by atomic mass is 19.4. The molecule has 25 heavy (non-hydrogen) atoms. The van der Waals surface area contributed by atoms with E-state index in [9.17, 15) is 27.6 Å². The summed E-state index contributed by atoms with van der Waals surface area (Å²) in [7, 11) is 0. The Hall–Kier alpha value is -2.62. The first-order valence-electron chi connectivity index (χ1n) is 7.36. The Morgan fingerprint density at radius 1 is 1.24 bits per heavy atom. The SMILES string of the molecule is CCOC(=O)[C@@H]1[C@@H](NC(=O)c2cccc(C(F)(F)F)c2)[C@H]1C(=O)NN. The monoisotopic (exact) mass is 359 g/mol. The van der Waals surface area contributed by atoms with Crippen LogP contribution in [-0.4, -0.2) is 30.4 Å². The van der Waals surface area contributed by atoms with E-state index in [4.69, 9.17) is 10.6 Å². The van der Waals surface area contributed by atoms with Crippen molar-refractivity contribution in [1.29, 1.82) is 0 Å². The summed E-state index contributed by atoms with van der Waals surface area (Å²) < 4.78 is 43.0. The third kappa shape index (κ3) is 4.08. The number of alkyl halides is 3. The molecule has 136 valence electrons. The van der Waals surface area contributed by atoms with E-state index in [-0.39, 0.29) is 12.2 Å². The molecule has 0 radical (unpaired) electrons. The predicted molar refractivity (Wildman–Crippen MR) is 78.6 cm³/mol. The van der Waals surface area contributed by atoms with Gasteiger partial charge >= 0.3 is 12.1 Å². The molecule has 0 saturated heterocycles. The zero-order chi connectivity index (χ0) is 18.8. The molecule has 7 nitrogen and oxygen atoms in total. The number of nitrogens with one attached hydrogen (secondary N) is 2. The molecule has 1 aliphatic rings. The van der Waals surface area contributed by atoms with Gasteiger partial charge in [0, 0.05) is 5.56 Å². The van der Waals surface area contributed by atoms with Crippen LogP contribution in [0.15, 0.2) is 24.3 Å². The molecule has 1 fully saturated rings. The van der Waals surface area contributed by atoms with Gasteiger partial charge in [0.25, 0.3) is 5.91 Å². The molecular weight excluding hydrogens is 343 g/mol. The van der Waals surface area contributed by atoms with Gasteiger partial charge in [-0.25, -0.2) is 5.84 Å². The molecule has 0 aliphatic heterocycles. The van der Waals surface area contributed by atoms with Gasteiger partial charge in [-0.1, -0.05) is 6.07 Å². The molecule has 1 aromatic carbocycles. The first-order valence-corrected chi connectivity index (χ1v) is 7.36. The van der Waals surface area contributed by atoms with Crippen molar-refractivity contribution < 1.29 is 32.3 Å². The Balaban J connectivity index is 2.13. The molecule has 2 amide bonds. The fraction of sp³-hybridized carbons (Fsp3) is 0.400. The van der Waals surface area contributed by atoms with E-state index in [2.05, 4.69) is 5.32 Å². The van der Waals surface area contributed by atoms with Crippen LogP contribution in [-0.2, 0) is 20.5 Å². The number of nitrogens with two attached hydrogens (primary N) is 1. The van der Waals surface area contributed by atoms with Crippen molar-refractivity contribution in [3.8, 4) is 0 Å². The summed E-state index contributed by atoms with van der Waals surface area (Å²) in [5.41, 5.74) is 0.662. The van der Waals surface area contributed by atoms with Crippen molar-refractivity contribution in [3.05, 3.63) is 35.4 Å². The van der Waals surface area contributed by atoms with Crippen LogP contribution >= 0.6 is 0 Å². The molecule has 0 heterocycles. The van der Waals surface area contributed by atoms with Crippen molar-refractivity contribution in [2.75, 3.05) is 6.61 Å². The fourth-order valence-corrected chi connectivity index (χ4v) is 2.52. The lowest BCUT2D eigenvalue weighted by atomic mass is 10.1. The molecule has 0 bridgehead atoms. The molecule has 2 rings (SSSR count). The third-order valence-corrected chi connectivity index (χ3v) is 3.77. The van der Waals surface area contributed by atoms with Gasteiger partial charge in [-0.15, -0.1) is 0 Å². The van der Waals surface area contributed by atoms with Crippen molar-refractivity contribution in [2.24, 2.45) is 17.7 Å². The lowest BCUT2D eigenvalue weighted by molar-refractivity contribution is -0.146. The average Bonchev–Trinajstić information content (AvgIpc) is 3.27. The lowest BCUT2D eigenvalue weighted by Crippen LogP contribution is -2.35. The zero-order valence-electron chi connectivity index (χ0n) is 13.1. The summed E-state index contributed by atoms with van der Waals surface area (Å²) in [6, 6.07) is 2.92. The summed E-state index contributed by atoms with van der Waals surface area (Å²) in [6.07, 6.45) is -4.59. The maximum absolute atomic E-state index is 12.7. The van der Waals surface area contributed by atoms with Crippen LogP contribution in [0.1, 0.15) is 22.8 Å². The minimum Gasteiger partial charge on any atom is -0.466 e. The second-order valence-electron chi connectivity index (χ2n) is 5.39. The maximum atomic E-state index is 12.7. The van der Waals surface area contributed by atoms with Gasteiger partial charge in [-0.05, 0) is 25.1 Å². The summed E-state index contributed by atoms with van der Waals surface area (Å²) in [5, 5.41) is 2.38. The second-order valence-corrected chi connectivity index (χ2v) is 5.39. The molecule has 4 N–H and O–H groups in total. The number of carbonyl (C=O) groups is 3. The minimum absolute atomic E-state index is 0.0839. The van der Waals surface area contributed by atoms with E-state index in [1.165, 1.54) is 6.07 Å². The van der Waals surface area contributed by atoms with Gasteiger partial charge in [-0.2, -0.15) is 13.2 Å². The van der Waals surface area contributed by atoms with Crippen molar-refractivity contribution in [2.45, 2.75) is 19.1 Å². The average molecular weight is 359 g/mol. The van der Waals surface area contributed by atoms with Crippen LogP contribution in [0.3, 0.4) is 0 Å². The second kappa shape index (κ2) is 7.09. The van der Waals surface area contributed by atoms with Crippen LogP contribution in [0, 0.1) is 11.8 Å². The summed E-state index contributed by atoms with van der Waals surface area (Å²) in [6.45, 7) is 1.66. The topological polar surface area (TPSA) is 111 Å². The van der Waals surface area contributed by atoms with Crippen molar-refractivity contribution in [1.82, 2.24) is 10.7 Å². The Labute approximate surface area is 140 Å². The van der Waals surface area contributed by atoms with Gasteiger partial charge in [0.1, 0.15) is 0 Å². The largest absolute Gasteiger partial charge is 0.466 e. The van der Waals surface area contributed by atoms with Crippen molar-refractivity contribution >= 4 is 17.8 Å². The van der Waals surface area contributed by atoms with Crippen LogP contribution in [0.2, 0.25) is 0 Å². The van der Waals surface area contributed by atoms with E-state index in [1.807, 2.05) is 5.43 Å². The number of benzene rings is 1. The first kappa shape index (κ1) is 18.7. The molecule has 1 aromatic rings.